The van der Waals surface area contributed by atoms with E-state index in [1.54, 1.807) is 18.6 Å². The van der Waals surface area contributed by atoms with Gasteiger partial charge in [-0.05, 0) is 37.1 Å². The van der Waals surface area contributed by atoms with E-state index in [0.717, 1.165) is 16.8 Å². The highest BCUT2D eigenvalue weighted by atomic mass is 16.5. The van der Waals surface area contributed by atoms with Gasteiger partial charge in [0.05, 0.1) is 11.7 Å². The normalized spacial score (nSPS) is 10.8. The fourth-order valence-corrected chi connectivity index (χ4v) is 2.64. The lowest BCUT2D eigenvalue weighted by molar-refractivity contribution is -0.123. The van der Waals surface area contributed by atoms with Gasteiger partial charge in [0.25, 0.3) is 5.91 Å². The van der Waals surface area contributed by atoms with Gasteiger partial charge < -0.3 is 19.5 Å². The molecule has 25 heavy (non-hydrogen) atoms. The summed E-state index contributed by atoms with van der Waals surface area (Å²) < 4.78 is 10.9. The Kier molecular flexibility index (Phi) is 4.83. The van der Waals surface area contributed by atoms with Crippen molar-refractivity contribution in [3.05, 3.63) is 58.0 Å². The molecule has 130 valence electrons. The number of aromatic amines is 1. The Morgan fingerprint density at radius 2 is 2.16 bits per heavy atom. The maximum Gasteiger partial charge on any atom is 0.336 e. The van der Waals surface area contributed by atoms with Gasteiger partial charge in [-0.3, -0.25) is 4.79 Å². The minimum Gasteiger partial charge on any atom is -0.483 e. The molecule has 0 saturated heterocycles. The Morgan fingerprint density at radius 3 is 2.92 bits per heavy atom. The van der Waals surface area contributed by atoms with Gasteiger partial charge in [0.2, 0.25) is 0 Å². The van der Waals surface area contributed by atoms with E-state index in [0.29, 0.717) is 29.7 Å². The molecule has 1 aromatic carbocycles. The summed E-state index contributed by atoms with van der Waals surface area (Å²) in [7, 11) is 0. The van der Waals surface area contributed by atoms with Crippen LogP contribution >= 0.6 is 0 Å². The number of H-pyrrole nitrogens is 1. The lowest BCUT2D eigenvalue weighted by atomic mass is 10.1. The first-order valence-corrected chi connectivity index (χ1v) is 7.95. The van der Waals surface area contributed by atoms with Crippen LogP contribution in [0.1, 0.15) is 16.8 Å². The van der Waals surface area contributed by atoms with Crippen molar-refractivity contribution in [1.82, 2.24) is 15.3 Å². The molecule has 1 amide bonds. The topological polar surface area (TPSA) is 97.2 Å². The van der Waals surface area contributed by atoms with Gasteiger partial charge in [-0.1, -0.05) is 0 Å². The number of hydrogen-bond acceptors (Lipinski definition) is 5. The number of nitrogens with one attached hydrogen (secondary N) is 2. The van der Waals surface area contributed by atoms with E-state index in [1.165, 1.54) is 6.07 Å². The summed E-state index contributed by atoms with van der Waals surface area (Å²) in [5.41, 5.74) is 2.64. The molecule has 0 aliphatic heterocycles. The highest BCUT2D eigenvalue weighted by molar-refractivity contribution is 5.88. The van der Waals surface area contributed by atoms with E-state index in [1.807, 2.05) is 19.9 Å². The number of carbonyl (C=O) groups is 1. The van der Waals surface area contributed by atoms with Crippen LogP contribution in [-0.2, 0) is 11.2 Å². The first-order valence-electron chi connectivity index (χ1n) is 7.95. The van der Waals surface area contributed by atoms with E-state index >= 15 is 0 Å². The predicted octanol–water partition coefficient (Wildman–Crippen LogP) is 1.87. The van der Waals surface area contributed by atoms with Crippen LogP contribution in [0.2, 0.25) is 0 Å². The van der Waals surface area contributed by atoms with Gasteiger partial charge in [0.15, 0.2) is 6.61 Å². The first kappa shape index (κ1) is 16.8. The molecule has 2 aromatic heterocycles. The van der Waals surface area contributed by atoms with Crippen molar-refractivity contribution >= 4 is 16.9 Å². The molecule has 0 aliphatic rings. The molecule has 0 unspecified atom stereocenters. The summed E-state index contributed by atoms with van der Waals surface area (Å²) in [4.78, 5) is 30.4. The van der Waals surface area contributed by atoms with Crippen molar-refractivity contribution < 1.29 is 13.9 Å². The Labute approximate surface area is 144 Å². The molecule has 0 atom stereocenters. The number of aryl methyl sites for hydroxylation is 2. The first-order chi connectivity index (χ1) is 12.0. The van der Waals surface area contributed by atoms with E-state index in [4.69, 9.17) is 9.15 Å². The standard InChI is InChI=1S/C18H19N3O4/c1-11-5-14(18-12(2)7-17(23)25-15(18)6-11)24-9-16(22)20-4-3-13-8-19-10-21-13/h5-8,10H,3-4,9H2,1-2H3,(H,19,21)(H,20,22). The van der Waals surface area contributed by atoms with Crippen molar-refractivity contribution in [3.63, 3.8) is 0 Å². The number of benzene rings is 1. The van der Waals surface area contributed by atoms with Crippen LogP contribution in [0.15, 0.2) is 39.9 Å². The quantitative estimate of drug-likeness (QED) is 0.667. The molecule has 0 bridgehead atoms. The lowest BCUT2D eigenvalue weighted by Gasteiger charge is -2.11. The number of amides is 1. The van der Waals surface area contributed by atoms with Crippen molar-refractivity contribution in [3.8, 4) is 5.75 Å². The molecule has 0 aliphatic carbocycles. The highest BCUT2D eigenvalue weighted by Gasteiger charge is 2.11. The third-order valence-electron chi connectivity index (χ3n) is 3.78. The number of imidazole rings is 1. The van der Waals surface area contributed by atoms with Crippen molar-refractivity contribution in [2.24, 2.45) is 0 Å². The molecule has 2 N–H and O–H groups in total. The smallest absolute Gasteiger partial charge is 0.336 e. The van der Waals surface area contributed by atoms with Gasteiger partial charge in [-0.2, -0.15) is 0 Å². The monoisotopic (exact) mass is 341 g/mol. The zero-order chi connectivity index (χ0) is 17.8. The molecular weight excluding hydrogens is 322 g/mol. The van der Waals surface area contributed by atoms with Crippen LogP contribution in [0.5, 0.6) is 5.75 Å². The molecule has 0 fully saturated rings. The summed E-state index contributed by atoms with van der Waals surface area (Å²) in [6, 6.07) is 5.02. The largest absolute Gasteiger partial charge is 0.483 e. The minimum absolute atomic E-state index is 0.111. The van der Waals surface area contributed by atoms with Crippen LogP contribution in [0, 0.1) is 13.8 Å². The average molecular weight is 341 g/mol. The molecule has 0 saturated carbocycles. The summed E-state index contributed by atoms with van der Waals surface area (Å²) >= 11 is 0. The van der Waals surface area contributed by atoms with Crippen LogP contribution in [0.25, 0.3) is 11.0 Å². The number of ether oxygens (including phenoxy) is 1. The summed E-state index contributed by atoms with van der Waals surface area (Å²) in [6.45, 7) is 4.07. The summed E-state index contributed by atoms with van der Waals surface area (Å²) in [5, 5.41) is 3.50. The van der Waals surface area contributed by atoms with Gasteiger partial charge in [0, 0.05) is 30.9 Å². The SMILES string of the molecule is Cc1cc(OCC(=O)NCCc2cnc[nH]2)c2c(C)cc(=O)oc2c1. The van der Waals surface area contributed by atoms with E-state index in [2.05, 4.69) is 15.3 Å². The number of rotatable bonds is 6. The van der Waals surface area contributed by atoms with Gasteiger partial charge >= 0.3 is 5.63 Å². The molecule has 7 heteroatoms. The lowest BCUT2D eigenvalue weighted by Crippen LogP contribution is -2.30. The molecule has 0 spiro atoms. The Morgan fingerprint density at radius 1 is 1.32 bits per heavy atom. The number of carbonyl (C=O) groups excluding carboxylic acids is 1. The van der Waals surface area contributed by atoms with Crippen LogP contribution < -0.4 is 15.7 Å². The second kappa shape index (κ2) is 7.21. The van der Waals surface area contributed by atoms with E-state index in [-0.39, 0.29) is 12.5 Å². The van der Waals surface area contributed by atoms with Crippen LogP contribution in [0.3, 0.4) is 0 Å². The maximum absolute atomic E-state index is 12.0. The third kappa shape index (κ3) is 4.06. The fourth-order valence-electron chi connectivity index (χ4n) is 2.64. The van der Waals surface area contributed by atoms with Gasteiger partial charge in [-0.25, -0.2) is 9.78 Å². The minimum atomic E-state index is -0.405. The Hall–Kier alpha value is -3.09. The zero-order valence-electron chi connectivity index (χ0n) is 14.1. The molecule has 2 heterocycles. The number of nitrogens with zero attached hydrogens (tertiary/aromatic N) is 1. The molecule has 0 radical (unpaired) electrons. The zero-order valence-corrected chi connectivity index (χ0v) is 14.1. The van der Waals surface area contributed by atoms with E-state index < -0.39 is 5.63 Å². The molecule has 3 rings (SSSR count). The second-order valence-electron chi connectivity index (χ2n) is 5.85. The second-order valence-corrected chi connectivity index (χ2v) is 5.85. The number of hydrogen-bond donors (Lipinski definition) is 2. The van der Waals surface area contributed by atoms with Crippen molar-refractivity contribution in [1.29, 1.82) is 0 Å². The number of fused-ring (bicyclic) bond motifs is 1. The fraction of sp³-hybridized carbons (Fsp3) is 0.278. The number of aromatic nitrogens is 2. The van der Waals surface area contributed by atoms with Crippen molar-refractivity contribution in [2.45, 2.75) is 20.3 Å². The van der Waals surface area contributed by atoms with E-state index in [9.17, 15) is 9.59 Å². The summed E-state index contributed by atoms with van der Waals surface area (Å²) in [6.07, 6.45) is 3.99. The molecule has 3 aromatic rings. The Balaban J connectivity index is 1.66. The Bertz CT molecular complexity index is 945. The maximum atomic E-state index is 12.0. The average Bonchev–Trinajstić information content (AvgIpc) is 3.05. The third-order valence-corrected chi connectivity index (χ3v) is 3.78. The van der Waals surface area contributed by atoms with Crippen LogP contribution in [0.4, 0.5) is 0 Å². The van der Waals surface area contributed by atoms with Crippen LogP contribution in [-0.4, -0.2) is 29.0 Å². The summed E-state index contributed by atoms with van der Waals surface area (Å²) in [5.74, 6) is 0.309. The molecular formula is C18H19N3O4. The molecule has 7 nitrogen and oxygen atoms in total. The van der Waals surface area contributed by atoms with Gasteiger partial charge in [-0.15, -0.1) is 0 Å². The van der Waals surface area contributed by atoms with Crippen molar-refractivity contribution in [2.75, 3.05) is 13.2 Å². The highest BCUT2D eigenvalue weighted by Crippen LogP contribution is 2.29. The van der Waals surface area contributed by atoms with Gasteiger partial charge in [0.1, 0.15) is 11.3 Å². The predicted molar refractivity (Wildman–Crippen MR) is 92.8 cm³/mol.